The van der Waals surface area contributed by atoms with Crippen LogP contribution in [0.1, 0.15) is 27.2 Å². The van der Waals surface area contributed by atoms with Crippen LogP contribution in [0.15, 0.2) is 12.2 Å². The van der Waals surface area contributed by atoms with Gasteiger partial charge in [-0.3, -0.25) is 0 Å². The van der Waals surface area contributed by atoms with E-state index in [1.807, 2.05) is 13.8 Å². The molecular weight excluding hydrogens is 140 g/mol. The minimum atomic E-state index is -0.448. The third-order valence-electron chi connectivity index (χ3n) is 1.28. The van der Waals surface area contributed by atoms with Gasteiger partial charge in [0.1, 0.15) is 5.60 Å². The van der Waals surface area contributed by atoms with Gasteiger partial charge in [0.25, 0.3) is 0 Å². The number of allylic oxidation sites excluding steroid dienone is 1. The molecule has 0 amide bonds. The highest BCUT2D eigenvalue weighted by Crippen LogP contribution is 2.13. The maximum absolute atomic E-state index is 10.9. The van der Waals surface area contributed by atoms with Crippen molar-refractivity contribution in [2.24, 2.45) is 0 Å². The molecular formula is C9H15O2. The summed E-state index contributed by atoms with van der Waals surface area (Å²) < 4.78 is 5.04. The molecule has 0 rings (SSSR count). The second-order valence-electron chi connectivity index (χ2n) is 2.93. The molecule has 0 fully saturated rings. The maximum Gasteiger partial charge on any atom is 0.330 e. The third-order valence-corrected chi connectivity index (χ3v) is 1.28. The Balaban J connectivity index is 3.93. The number of carbonyl (C=O) groups is 1. The van der Waals surface area contributed by atoms with Crippen molar-refractivity contribution in [2.45, 2.75) is 32.8 Å². The molecule has 0 saturated heterocycles. The summed E-state index contributed by atoms with van der Waals surface area (Å²) in [6.07, 6.45) is 3.63. The molecule has 0 heterocycles. The molecule has 0 bridgehead atoms. The molecule has 0 atom stereocenters. The van der Waals surface area contributed by atoms with E-state index >= 15 is 0 Å². The molecule has 0 aromatic rings. The smallest absolute Gasteiger partial charge is 0.330 e. The van der Waals surface area contributed by atoms with Crippen molar-refractivity contribution in [1.29, 1.82) is 0 Å². The minimum absolute atomic E-state index is 0.304. The van der Waals surface area contributed by atoms with Gasteiger partial charge in [0.05, 0.1) is 0 Å². The first-order valence-electron chi connectivity index (χ1n) is 3.67. The summed E-state index contributed by atoms with van der Waals surface area (Å²) in [7, 11) is 0. The van der Waals surface area contributed by atoms with Crippen LogP contribution < -0.4 is 0 Å². The van der Waals surface area contributed by atoms with Crippen molar-refractivity contribution in [1.82, 2.24) is 0 Å². The van der Waals surface area contributed by atoms with Crippen molar-refractivity contribution in [3.05, 3.63) is 19.1 Å². The fourth-order valence-electron chi connectivity index (χ4n) is 0.493. The average Bonchev–Trinajstić information content (AvgIpc) is 1.87. The van der Waals surface area contributed by atoms with Crippen LogP contribution in [0.2, 0.25) is 0 Å². The summed E-state index contributed by atoms with van der Waals surface area (Å²) >= 11 is 0. The molecule has 0 spiro atoms. The molecule has 0 aromatic carbocycles. The molecule has 0 saturated carbocycles. The molecule has 1 radical (unpaired) electrons. The van der Waals surface area contributed by atoms with Gasteiger partial charge in [0, 0.05) is 6.08 Å². The monoisotopic (exact) mass is 155 g/mol. The zero-order valence-corrected chi connectivity index (χ0v) is 7.39. The van der Waals surface area contributed by atoms with Crippen LogP contribution in [0, 0.1) is 6.92 Å². The Morgan fingerprint density at radius 2 is 2.18 bits per heavy atom. The lowest BCUT2D eigenvalue weighted by atomic mass is 10.1. The molecule has 0 aromatic heterocycles. The van der Waals surface area contributed by atoms with Gasteiger partial charge in [-0.1, -0.05) is 6.08 Å². The van der Waals surface area contributed by atoms with Crippen molar-refractivity contribution >= 4 is 5.97 Å². The van der Waals surface area contributed by atoms with Crippen molar-refractivity contribution in [3.63, 3.8) is 0 Å². The van der Waals surface area contributed by atoms with Crippen molar-refractivity contribution < 1.29 is 9.53 Å². The molecule has 2 nitrogen and oxygen atoms in total. The molecule has 2 heteroatoms. The summed E-state index contributed by atoms with van der Waals surface area (Å²) in [5.41, 5.74) is -0.448. The quantitative estimate of drug-likeness (QED) is 0.461. The van der Waals surface area contributed by atoms with E-state index in [-0.39, 0.29) is 5.97 Å². The van der Waals surface area contributed by atoms with E-state index in [1.54, 1.807) is 13.0 Å². The molecule has 0 unspecified atom stereocenters. The molecule has 0 aliphatic carbocycles. The highest BCUT2D eigenvalue weighted by molar-refractivity contribution is 5.82. The second-order valence-corrected chi connectivity index (χ2v) is 2.93. The fraction of sp³-hybridized carbons (Fsp3) is 0.556. The number of carbonyl (C=O) groups excluding carboxylic acids is 1. The fourth-order valence-corrected chi connectivity index (χ4v) is 0.493. The van der Waals surface area contributed by atoms with E-state index in [2.05, 4.69) is 6.92 Å². The highest BCUT2D eigenvalue weighted by atomic mass is 16.6. The SMILES string of the molecule is [CH2]CC(C)(C)OC(=O)C=CC. The summed E-state index contributed by atoms with van der Waals surface area (Å²) in [4.78, 5) is 10.9. The molecule has 0 N–H and O–H groups in total. The number of hydrogen-bond donors (Lipinski definition) is 0. The Hall–Kier alpha value is -0.790. The second kappa shape index (κ2) is 4.16. The first-order valence-corrected chi connectivity index (χ1v) is 3.67. The van der Waals surface area contributed by atoms with Crippen LogP contribution in [0.25, 0.3) is 0 Å². The van der Waals surface area contributed by atoms with Gasteiger partial charge < -0.3 is 4.74 Å². The van der Waals surface area contributed by atoms with Crippen molar-refractivity contribution in [2.75, 3.05) is 0 Å². The van der Waals surface area contributed by atoms with Gasteiger partial charge in [-0.25, -0.2) is 4.79 Å². The van der Waals surface area contributed by atoms with Gasteiger partial charge in [-0.15, -0.1) is 0 Å². The number of hydrogen-bond acceptors (Lipinski definition) is 2. The zero-order valence-electron chi connectivity index (χ0n) is 7.39. The third kappa shape index (κ3) is 4.59. The standard InChI is InChI=1S/C9H15O2/c1-5-7-8(10)11-9(3,4)6-2/h5,7H,2,6H2,1,3-4H3. The summed E-state index contributed by atoms with van der Waals surface area (Å²) in [5.74, 6) is -0.304. The Bertz CT molecular complexity index is 157. The zero-order chi connectivity index (χ0) is 8.91. The molecule has 63 valence electrons. The number of ether oxygens (including phenoxy) is 1. The van der Waals surface area contributed by atoms with E-state index in [0.29, 0.717) is 6.42 Å². The van der Waals surface area contributed by atoms with Crippen LogP contribution >= 0.6 is 0 Å². The predicted molar refractivity (Wildman–Crippen MR) is 45.0 cm³/mol. The van der Waals surface area contributed by atoms with Crippen LogP contribution in [0.3, 0.4) is 0 Å². The summed E-state index contributed by atoms with van der Waals surface area (Å²) in [6.45, 7) is 9.11. The van der Waals surface area contributed by atoms with Gasteiger partial charge in [-0.05, 0) is 34.1 Å². The van der Waals surface area contributed by atoms with E-state index < -0.39 is 5.60 Å². The predicted octanol–water partition coefficient (Wildman–Crippen LogP) is 2.11. The lowest BCUT2D eigenvalue weighted by molar-refractivity contribution is -0.149. The maximum atomic E-state index is 10.9. The average molecular weight is 155 g/mol. The first kappa shape index (κ1) is 10.2. The first-order chi connectivity index (χ1) is 5.02. The van der Waals surface area contributed by atoms with E-state index in [0.717, 1.165) is 0 Å². The number of esters is 1. The van der Waals surface area contributed by atoms with Crippen LogP contribution in [-0.4, -0.2) is 11.6 Å². The molecule has 11 heavy (non-hydrogen) atoms. The largest absolute Gasteiger partial charge is 0.457 e. The lowest BCUT2D eigenvalue weighted by Gasteiger charge is -2.21. The van der Waals surface area contributed by atoms with Gasteiger partial charge in [-0.2, -0.15) is 0 Å². The van der Waals surface area contributed by atoms with Gasteiger partial charge in [0.15, 0.2) is 0 Å². The van der Waals surface area contributed by atoms with E-state index in [9.17, 15) is 4.79 Å². The van der Waals surface area contributed by atoms with E-state index in [1.165, 1.54) is 6.08 Å². The lowest BCUT2D eigenvalue weighted by Crippen LogP contribution is -2.26. The van der Waals surface area contributed by atoms with Crippen LogP contribution in [0.4, 0.5) is 0 Å². The Labute approximate surface area is 68.2 Å². The van der Waals surface area contributed by atoms with Crippen LogP contribution in [-0.2, 0) is 9.53 Å². The minimum Gasteiger partial charge on any atom is -0.457 e. The Morgan fingerprint density at radius 1 is 1.64 bits per heavy atom. The normalized spacial score (nSPS) is 12.0. The summed E-state index contributed by atoms with van der Waals surface area (Å²) in [6, 6.07) is 0. The number of rotatable bonds is 3. The van der Waals surface area contributed by atoms with E-state index in [4.69, 9.17) is 4.74 Å². The highest BCUT2D eigenvalue weighted by Gasteiger charge is 2.18. The Morgan fingerprint density at radius 3 is 2.55 bits per heavy atom. The van der Waals surface area contributed by atoms with Crippen LogP contribution in [0.5, 0.6) is 0 Å². The Kier molecular flexibility index (Phi) is 3.86. The van der Waals surface area contributed by atoms with Crippen molar-refractivity contribution in [3.8, 4) is 0 Å². The topological polar surface area (TPSA) is 26.3 Å². The van der Waals surface area contributed by atoms with Gasteiger partial charge in [0.2, 0.25) is 0 Å². The molecule has 0 aliphatic heterocycles. The summed E-state index contributed by atoms with van der Waals surface area (Å²) in [5, 5.41) is 0. The molecule has 0 aliphatic rings. The van der Waals surface area contributed by atoms with Gasteiger partial charge >= 0.3 is 5.97 Å².